The van der Waals surface area contributed by atoms with E-state index in [1.807, 2.05) is 0 Å². The molecule has 244 valence electrons. The van der Waals surface area contributed by atoms with Crippen LogP contribution >= 0.6 is 0 Å². The quantitative estimate of drug-likeness (QED) is 0.177. The Balaban J connectivity index is 1.58. The third-order valence-corrected chi connectivity index (χ3v) is 11.2. The van der Waals surface area contributed by atoms with Gasteiger partial charge in [-0.2, -0.15) is 0 Å². The van der Waals surface area contributed by atoms with Crippen molar-refractivity contribution in [2.45, 2.75) is 87.5 Å². The third kappa shape index (κ3) is 5.27. The van der Waals surface area contributed by atoms with E-state index in [2.05, 4.69) is 164 Å². The Kier molecular flexibility index (Phi) is 8.10. The van der Waals surface area contributed by atoms with Gasteiger partial charge in [-0.15, -0.1) is 0 Å². The molecule has 0 spiro atoms. The molecule has 1 aliphatic rings. The summed E-state index contributed by atoms with van der Waals surface area (Å²) in [7, 11) is 0. The predicted octanol–water partition coefficient (Wildman–Crippen LogP) is 13.9. The lowest BCUT2D eigenvalue weighted by Crippen LogP contribution is -2.13. The molecule has 0 radical (unpaired) electrons. The first-order chi connectivity index (χ1) is 22.9. The summed E-state index contributed by atoms with van der Waals surface area (Å²) in [5.74, 6) is 1.29. The molecule has 0 fully saturated rings. The van der Waals surface area contributed by atoms with Crippen molar-refractivity contribution in [1.82, 2.24) is 0 Å². The largest absolute Gasteiger partial charge is 0.358 e. The van der Waals surface area contributed by atoms with Gasteiger partial charge in [-0.1, -0.05) is 88.2 Å². The normalized spacial score (nSPS) is 15.4. The van der Waals surface area contributed by atoms with Crippen LogP contribution in [0.1, 0.15) is 94.5 Å². The smallest absolute Gasteiger partial charge is 0.0543 e. The highest BCUT2D eigenvalue weighted by atomic mass is 15.1. The predicted molar refractivity (Wildman–Crippen MR) is 211 cm³/mol. The van der Waals surface area contributed by atoms with E-state index in [0.717, 1.165) is 6.42 Å². The lowest BCUT2D eigenvalue weighted by atomic mass is 9.84. The van der Waals surface area contributed by atoms with Crippen LogP contribution in [0.4, 0.5) is 22.7 Å². The monoisotopic (exact) mass is 630 g/mol. The Morgan fingerprint density at radius 2 is 1.21 bits per heavy atom. The summed E-state index contributed by atoms with van der Waals surface area (Å²) in [6, 6.07) is 30.1. The van der Waals surface area contributed by atoms with Gasteiger partial charge in [0.15, 0.2) is 0 Å². The number of anilines is 4. The van der Waals surface area contributed by atoms with Crippen LogP contribution < -0.4 is 10.2 Å². The summed E-state index contributed by atoms with van der Waals surface area (Å²) in [5.41, 5.74) is 15.8. The SMILES string of the molecule is CC1=C(C)C(C)CC(Nc2cc(C(C)C)c3ccc4c(N(c5ccccc5)c5cc(C)c(C)c(C)c5)cc(C(C)C)c5ccc2c3c54)=C1. The number of para-hydroxylation sites is 1. The van der Waals surface area contributed by atoms with Gasteiger partial charge in [-0.05, 0) is 151 Å². The van der Waals surface area contributed by atoms with Gasteiger partial charge in [-0.25, -0.2) is 0 Å². The first-order valence-electron chi connectivity index (χ1n) is 17.8. The van der Waals surface area contributed by atoms with Crippen LogP contribution in [-0.2, 0) is 0 Å². The highest BCUT2D eigenvalue weighted by molar-refractivity contribution is 6.29. The lowest BCUT2D eigenvalue weighted by Gasteiger charge is -2.31. The van der Waals surface area contributed by atoms with Crippen molar-refractivity contribution in [3.05, 3.63) is 130 Å². The fourth-order valence-corrected chi connectivity index (χ4v) is 7.98. The van der Waals surface area contributed by atoms with Gasteiger partial charge in [0.25, 0.3) is 0 Å². The molecule has 0 aliphatic heterocycles. The van der Waals surface area contributed by atoms with Crippen LogP contribution in [-0.4, -0.2) is 0 Å². The zero-order valence-electron chi connectivity index (χ0n) is 30.5. The van der Waals surface area contributed by atoms with Gasteiger partial charge in [-0.3, -0.25) is 0 Å². The number of benzene rings is 6. The molecule has 6 aromatic rings. The Hall–Kier alpha value is -4.56. The summed E-state index contributed by atoms with van der Waals surface area (Å²) in [5, 5.41) is 12.0. The molecule has 7 rings (SSSR count). The molecule has 2 nitrogen and oxygen atoms in total. The molecule has 1 unspecified atom stereocenters. The molecule has 48 heavy (non-hydrogen) atoms. The van der Waals surface area contributed by atoms with Crippen molar-refractivity contribution in [3.8, 4) is 0 Å². The van der Waals surface area contributed by atoms with E-state index < -0.39 is 0 Å². The van der Waals surface area contributed by atoms with Gasteiger partial charge < -0.3 is 10.2 Å². The zero-order chi connectivity index (χ0) is 34.0. The Morgan fingerprint density at radius 3 is 1.81 bits per heavy atom. The van der Waals surface area contributed by atoms with Crippen molar-refractivity contribution in [1.29, 1.82) is 0 Å². The van der Waals surface area contributed by atoms with Crippen LogP contribution in [0.5, 0.6) is 0 Å². The molecule has 0 aromatic heterocycles. The minimum absolute atomic E-state index is 0.362. The fourth-order valence-electron chi connectivity index (χ4n) is 7.98. The molecule has 0 saturated carbocycles. The third-order valence-electron chi connectivity index (χ3n) is 11.2. The highest BCUT2D eigenvalue weighted by Crippen LogP contribution is 2.49. The van der Waals surface area contributed by atoms with Gasteiger partial charge in [0.2, 0.25) is 0 Å². The molecular weight excluding hydrogens is 581 g/mol. The molecule has 0 heterocycles. The number of hydrogen-bond donors (Lipinski definition) is 1. The lowest BCUT2D eigenvalue weighted by molar-refractivity contribution is 0.656. The Morgan fingerprint density at radius 1 is 0.646 bits per heavy atom. The van der Waals surface area contributed by atoms with Crippen molar-refractivity contribution >= 4 is 55.1 Å². The van der Waals surface area contributed by atoms with Gasteiger partial charge >= 0.3 is 0 Å². The minimum Gasteiger partial charge on any atom is -0.358 e. The summed E-state index contributed by atoms with van der Waals surface area (Å²) < 4.78 is 0. The number of aryl methyl sites for hydroxylation is 2. The summed E-state index contributed by atoms with van der Waals surface area (Å²) in [4.78, 5) is 2.49. The Labute approximate surface area is 287 Å². The van der Waals surface area contributed by atoms with Gasteiger partial charge in [0.05, 0.1) is 5.69 Å². The molecule has 1 atom stereocenters. The van der Waals surface area contributed by atoms with E-state index >= 15 is 0 Å². The fraction of sp³-hybridized carbons (Fsp3) is 0.304. The second-order valence-corrected chi connectivity index (χ2v) is 15.0. The van der Waals surface area contributed by atoms with E-state index in [1.165, 1.54) is 99.7 Å². The van der Waals surface area contributed by atoms with Crippen molar-refractivity contribution in [3.63, 3.8) is 0 Å². The average molecular weight is 631 g/mol. The van der Waals surface area contributed by atoms with Crippen LogP contribution in [0.15, 0.2) is 102 Å². The highest BCUT2D eigenvalue weighted by Gasteiger charge is 2.25. The maximum atomic E-state index is 3.97. The minimum atomic E-state index is 0.362. The van der Waals surface area contributed by atoms with Gasteiger partial charge in [0.1, 0.15) is 0 Å². The maximum Gasteiger partial charge on any atom is 0.0543 e. The van der Waals surface area contributed by atoms with E-state index in [1.54, 1.807) is 0 Å². The summed E-state index contributed by atoms with van der Waals surface area (Å²) >= 11 is 0. The Bertz CT molecular complexity index is 2220. The molecule has 0 amide bonds. The van der Waals surface area contributed by atoms with Crippen molar-refractivity contribution < 1.29 is 0 Å². The standard InChI is InChI=1S/C46H50N2/c1-26(2)41-24-43(47-34-20-28(5)32(9)29(6)21-34)39-18-16-38-42(27(3)4)25-44(40-19-17-37(41)45(39)46(38)40)48(35-14-12-11-13-15-35)36-22-30(7)33(10)31(8)23-36/h11-20,22-27,29,47H,21H2,1-10H3. The molecule has 0 saturated heterocycles. The first kappa shape index (κ1) is 32.0. The van der Waals surface area contributed by atoms with E-state index in [-0.39, 0.29) is 0 Å². The van der Waals surface area contributed by atoms with Crippen LogP contribution in [0.3, 0.4) is 0 Å². The van der Waals surface area contributed by atoms with Crippen molar-refractivity contribution in [2.24, 2.45) is 5.92 Å². The average Bonchev–Trinajstić information content (AvgIpc) is 3.06. The summed E-state index contributed by atoms with van der Waals surface area (Å²) in [6.45, 7) is 22.9. The maximum absolute atomic E-state index is 3.97. The van der Waals surface area contributed by atoms with Gasteiger partial charge in [0, 0.05) is 33.5 Å². The van der Waals surface area contributed by atoms with E-state index in [0.29, 0.717) is 17.8 Å². The van der Waals surface area contributed by atoms with E-state index in [4.69, 9.17) is 0 Å². The van der Waals surface area contributed by atoms with Crippen LogP contribution in [0, 0.1) is 26.7 Å². The molecular formula is C46H50N2. The molecule has 0 bridgehead atoms. The topological polar surface area (TPSA) is 15.3 Å². The molecule has 1 N–H and O–H groups in total. The second-order valence-electron chi connectivity index (χ2n) is 15.0. The molecule has 1 aliphatic carbocycles. The number of nitrogens with zero attached hydrogens (tertiary/aromatic N) is 1. The van der Waals surface area contributed by atoms with Crippen molar-refractivity contribution in [2.75, 3.05) is 10.2 Å². The van der Waals surface area contributed by atoms with Crippen LogP contribution in [0.2, 0.25) is 0 Å². The number of rotatable bonds is 7. The summed E-state index contributed by atoms with van der Waals surface area (Å²) in [6.07, 6.45) is 3.39. The van der Waals surface area contributed by atoms with Crippen LogP contribution in [0.25, 0.3) is 32.3 Å². The first-order valence-corrected chi connectivity index (χ1v) is 17.8. The second kappa shape index (κ2) is 12.2. The molecule has 6 aromatic carbocycles. The number of allylic oxidation sites excluding steroid dienone is 4. The molecule has 2 heteroatoms. The number of hydrogen-bond acceptors (Lipinski definition) is 2. The number of nitrogens with one attached hydrogen (secondary N) is 1. The van der Waals surface area contributed by atoms with E-state index in [9.17, 15) is 0 Å². The zero-order valence-corrected chi connectivity index (χ0v) is 30.5.